The molecule has 0 aliphatic heterocycles. The van der Waals surface area contributed by atoms with Gasteiger partial charge in [-0.2, -0.15) is 5.10 Å². The quantitative estimate of drug-likeness (QED) is 0.260. The Hall–Kier alpha value is -4.50. The van der Waals surface area contributed by atoms with Crippen molar-refractivity contribution in [1.29, 1.82) is 0 Å². The van der Waals surface area contributed by atoms with Crippen LogP contribution in [0.2, 0.25) is 5.02 Å². The number of methoxy groups -OCH3 is 4. The molecule has 1 N–H and O–H groups in total. The molecule has 1 fully saturated rings. The summed E-state index contributed by atoms with van der Waals surface area (Å²) < 4.78 is 22.7. The van der Waals surface area contributed by atoms with Gasteiger partial charge < -0.3 is 24.3 Å². The van der Waals surface area contributed by atoms with Gasteiger partial charge in [-0.25, -0.2) is 9.48 Å². The van der Waals surface area contributed by atoms with Crippen molar-refractivity contribution in [2.75, 3.05) is 33.8 Å². The molecule has 4 aromatic rings. The smallest absolute Gasteiger partial charge is 0.340 e. The van der Waals surface area contributed by atoms with Crippen LogP contribution in [-0.4, -0.2) is 50.1 Å². The van der Waals surface area contributed by atoms with E-state index in [1.165, 1.54) is 27.4 Å². The highest BCUT2D eigenvalue weighted by Gasteiger charge is 2.46. The van der Waals surface area contributed by atoms with E-state index in [0.29, 0.717) is 28.7 Å². The lowest BCUT2D eigenvalue weighted by molar-refractivity contribution is -0.117. The van der Waals surface area contributed by atoms with Crippen LogP contribution in [0.5, 0.6) is 17.2 Å². The number of anilines is 1. The molecule has 1 saturated carbocycles. The number of para-hydroxylation sites is 1. The van der Waals surface area contributed by atoms with E-state index in [0.717, 1.165) is 22.5 Å². The van der Waals surface area contributed by atoms with Crippen LogP contribution in [0.15, 0.2) is 66.9 Å². The number of amides is 1. The Bertz CT molecular complexity index is 1570. The van der Waals surface area contributed by atoms with Gasteiger partial charge in [-0.1, -0.05) is 29.8 Å². The molecule has 1 aromatic heterocycles. The topological polar surface area (TPSA) is 101 Å². The fraction of sp³-hybridized carbons (Fsp3) is 0.233. The molecule has 40 heavy (non-hydrogen) atoms. The lowest BCUT2D eigenvalue weighted by atomic mass is 10.0. The Kier molecular flexibility index (Phi) is 7.66. The van der Waals surface area contributed by atoms with Gasteiger partial charge in [0.25, 0.3) is 0 Å². The maximum absolute atomic E-state index is 13.4. The van der Waals surface area contributed by atoms with E-state index in [-0.39, 0.29) is 29.0 Å². The minimum absolute atomic E-state index is 0.0879. The zero-order chi connectivity index (χ0) is 28.4. The zero-order valence-corrected chi connectivity index (χ0v) is 23.2. The number of hydrogen-bond donors (Lipinski definition) is 1. The van der Waals surface area contributed by atoms with Crippen LogP contribution in [-0.2, 0) is 9.53 Å². The first-order valence-electron chi connectivity index (χ1n) is 12.5. The van der Waals surface area contributed by atoms with Gasteiger partial charge in [-0.05, 0) is 36.8 Å². The van der Waals surface area contributed by atoms with Crippen LogP contribution in [0.25, 0.3) is 16.9 Å². The van der Waals surface area contributed by atoms with E-state index in [1.807, 2.05) is 48.7 Å². The summed E-state index contributed by atoms with van der Waals surface area (Å²) in [5, 5.41) is 8.23. The predicted molar refractivity (Wildman–Crippen MR) is 151 cm³/mol. The maximum Gasteiger partial charge on any atom is 0.340 e. The fourth-order valence-electron chi connectivity index (χ4n) is 4.72. The molecule has 2 unspecified atom stereocenters. The van der Waals surface area contributed by atoms with Gasteiger partial charge in [0.1, 0.15) is 5.75 Å². The Balaban J connectivity index is 1.47. The van der Waals surface area contributed by atoms with Crippen LogP contribution < -0.4 is 19.5 Å². The molecule has 1 heterocycles. The molecule has 0 saturated heterocycles. The summed E-state index contributed by atoms with van der Waals surface area (Å²) in [6, 6.07) is 18.3. The summed E-state index contributed by atoms with van der Waals surface area (Å²) in [5.41, 5.74) is 3.80. The largest absolute Gasteiger partial charge is 0.495 e. The van der Waals surface area contributed by atoms with Crippen LogP contribution in [0.4, 0.5) is 5.69 Å². The first-order chi connectivity index (χ1) is 19.4. The Labute approximate surface area is 236 Å². The number of halogens is 1. The van der Waals surface area contributed by atoms with E-state index in [4.69, 9.17) is 35.6 Å². The number of rotatable bonds is 9. The van der Waals surface area contributed by atoms with Crippen molar-refractivity contribution < 1.29 is 28.5 Å². The number of nitrogens with zero attached hydrogens (tertiary/aromatic N) is 2. The first kappa shape index (κ1) is 27.1. The molecule has 0 radical (unpaired) electrons. The van der Waals surface area contributed by atoms with Gasteiger partial charge in [-0.15, -0.1) is 0 Å². The monoisotopic (exact) mass is 561 g/mol. The molecule has 5 rings (SSSR count). The third-order valence-electron chi connectivity index (χ3n) is 6.90. The second-order valence-electron chi connectivity index (χ2n) is 9.24. The molecule has 206 valence electrons. The molecule has 1 amide bonds. The summed E-state index contributed by atoms with van der Waals surface area (Å²) in [7, 11) is 5.79. The second-order valence-corrected chi connectivity index (χ2v) is 9.65. The third kappa shape index (κ3) is 5.20. The van der Waals surface area contributed by atoms with Gasteiger partial charge in [-0.3, -0.25) is 4.79 Å². The highest BCUT2D eigenvalue weighted by molar-refractivity contribution is 6.32. The minimum atomic E-state index is -0.605. The Morgan fingerprint density at radius 3 is 2.27 bits per heavy atom. The SMILES string of the molecule is COC(=O)c1cc(OC)c(OC)cc1NC(=O)C1CC1c1cn(-c2ccccc2)nc1-c1ccc(OC)c(Cl)c1. The summed E-state index contributed by atoms with van der Waals surface area (Å²) in [6.45, 7) is 0. The molecule has 1 aliphatic rings. The lowest BCUT2D eigenvalue weighted by Gasteiger charge is -2.14. The van der Waals surface area contributed by atoms with Crippen LogP contribution in [0, 0.1) is 5.92 Å². The highest BCUT2D eigenvalue weighted by atomic mass is 35.5. The van der Waals surface area contributed by atoms with Crippen LogP contribution in [0.1, 0.15) is 28.3 Å². The third-order valence-corrected chi connectivity index (χ3v) is 7.20. The molecular weight excluding hydrogens is 534 g/mol. The molecule has 3 aromatic carbocycles. The van der Waals surface area contributed by atoms with Crippen molar-refractivity contribution in [1.82, 2.24) is 9.78 Å². The first-order valence-corrected chi connectivity index (χ1v) is 12.9. The van der Waals surface area contributed by atoms with Gasteiger partial charge in [0.2, 0.25) is 5.91 Å². The molecule has 10 heteroatoms. The molecular formula is C30H28ClN3O6. The fourth-order valence-corrected chi connectivity index (χ4v) is 4.98. The number of ether oxygens (including phenoxy) is 4. The Morgan fingerprint density at radius 1 is 0.925 bits per heavy atom. The summed E-state index contributed by atoms with van der Waals surface area (Å²) in [6.07, 6.45) is 2.57. The summed E-state index contributed by atoms with van der Waals surface area (Å²) in [4.78, 5) is 25.9. The zero-order valence-electron chi connectivity index (χ0n) is 22.4. The van der Waals surface area contributed by atoms with E-state index in [2.05, 4.69) is 5.32 Å². The van der Waals surface area contributed by atoms with Crippen molar-refractivity contribution in [2.45, 2.75) is 12.3 Å². The van der Waals surface area contributed by atoms with Crippen LogP contribution >= 0.6 is 11.6 Å². The highest BCUT2D eigenvalue weighted by Crippen LogP contribution is 2.51. The van der Waals surface area contributed by atoms with Gasteiger partial charge in [0.15, 0.2) is 11.5 Å². The van der Waals surface area contributed by atoms with Gasteiger partial charge in [0.05, 0.1) is 56.1 Å². The summed E-state index contributed by atoms with van der Waals surface area (Å²) in [5.74, 6) is 0.0332. The van der Waals surface area contributed by atoms with Crippen molar-refractivity contribution in [3.8, 4) is 34.2 Å². The number of carbonyl (C=O) groups excluding carboxylic acids is 2. The summed E-state index contributed by atoms with van der Waals surface area (Å²) >= 11 is 6.44. The van der Waals surface area contributed by atoms with Crippen molar-refractivity contribution in [3.63, 3.8) is 0 Å². The van der Waals surface area contributed by atoms with E-state index < -0.39 is 5.97 Å². The molecule has 0 spiro atoms. The standard InChI is InChI=1S/C30H28ClN3O6/c1-37-25-11-10-17(12-23(25)31)28-22(16-34(33-28)18-8-6-5-7-9-18)19-13-20(19)29(35)32-24-15-27(39-3)26(38-2)14-21(24)30(36)40-4/h5-12,14-16,19-20H,13H2,1-4H3,(H,32,35). The second kappa shape index (κ2) is 11.3. The van der Waals surface area contributed by atoms with Gasteiger partial charge in [0, 0.05) is 41.3 Å². The van der Waals surface area contributed by atoms with E-state index in [9.17, 15) is 9.59 Å². The number of carbonyl (C=O) groups is 2. The normalized spacial score (nSPS) is 15.7. The number of benzene rings is 3. The number of aromatic nitrogens is 2. The van der Waals surface area contributed by atoms with Crippen molar-refractivity contribution in [2.24, 2.45) is 5.92 Å². The van der Waals surface area contributed by atoms with E-state index >= 15 is 0 Å². The number of nitrogens with one attached hydrogen (secondary N) is 1. The maximum atomic E-state index is 13.4. The number of esters is 1. The number of hydrogen-bond acceptors (Lipinski definition) is 7. The molecule has 9 nitrogen and oxygen atoms in total. The average Bonchev–Trinajstić information content (AvgIpc) is 3.67. The van der Waals surface area contributed by atoms with Crippen molar-refractivity contribution >= 4 is 29.2 Å². The van der Waals surface area contributed by atoms with Gasteiger partial charge >= 0.3 is 5.97 Å². The van der Waals surface area contributed by atoms with Crippen LogP contribution in [0.3, 0.4) is 0 Å². The van der Waals surface area contributed by atoms with E-state index in [1.54, 1.807) is 23.9 Å². The minimum Gasteiger partial charge on any atom is -0.495 e. The van der Waals surface area contributed by atoms with Crippen molar-refractivity contribution in [3.05, 3.63) is 83.0 Å². The molecule has 1 aliphatic carbocycles. The lowest BCUT2D eigenvalue weighted by Crippen LogP contribution is -2.18. The Morgan fingerprint density at radius 2 is 1.62 bits per heavy atom. The molecule has 0 bridgehead atoms. The predicted octanol–water partition coefficient (Wildman–Crippen LogP) is 5.75. The average molecular weight is 562 g/mol. The molecule has 2 atom stereocenters.